The molecular weight excluding hydrogens is 1430 g/mol. The molecule has 24 N–H and O–H groups in total. The zero-order valence-corrected chi connectivity index (χ0v) is 59.3. The minimum atomic E-state index is -4.81. The summed E-state index contributed by atoms with van der Waals surface area (Å²) in [5, 5.41) is 136. The zero-order valence-electron chi connectivity index (χ0n) is 56.6. The number of ether oxygens (including phenoxy) is 6. The van der Waals surface area contributed by atoms with Gasteiger partial charge >= 0.3 is 23.5 Å². The molecule has 0 aliphatic carbocycles. The molecule has 11 unspecified atom stereocenters. The van der Waals surface area contributed by atoms with Gasteiger partial charge < -0.3 is 151 Å². The Kier molecular flexibility index (Phi) is 53.8. The van der Waals surface area contributed by atoms with Crippen LogP contribution in [0.4, 0.5) is 0 Å². The number of phosphoric acid groups is 3. The highest BCUT2D eigenvalue weighted by molar-refractivity contribution is 7.46. The molecule has 42 nitrogen and oxygen atoms in total. The van der Waals surface area contributed by atoms with Gasteiger partial charge in [0.05, 0.1) is 77.8 Å². The summed E-state index contributed by atoms with van der Waals surface area (Å²) < 4.78 is 77.5. The number of nitrogens with one attached hydrogen (secondary N) is 6. The molecule has 0 spiro atoms. The van der Waals surface area contributed by atoms with E-state index in [4.69, 9.17) is 57.8 Å². The van der Waals surface area contributed by atoms with Gasteiger partial charge in [0.2, 0.25) is 35.4 Å². The van der Waals surface area contributed by atoms with Crippen molar-refractivity contribution in [3.63, 3.8) is 0 Å². The second-order valence-corrected chi connectivity index (χ2v) is 27.2. The highest BCUT2D eigenvalue weighted by Gasteiger charge is 2.35. The molecule has 0 aromatic rings. The van der Waals surface area contributed by atoms with Crippen LogP contribution in [0.25, 0.3) is 0 Å². The van der Waals surface area contributed by atoms with Crippen LogP contribution in [0.3, 0.4) is 0 Å². The SMILES string of the molecule is CC(COCCC(=O)NCCCNC(=O)CCCCOC(O)C(O)C(O)C(O)CCOP(=O)(O)O)(COCCC(=O)NCCCNC(=O)CCCCOC(O)C(O)C(O)C(O)CCOP(=O)(O)O)COCCC(=O)NCCCNC(=O)CCCCOC(O)C(O)[C@H](O)C(O)CCOP(=O)(O)O. The van der Waals surface area contributed by atoms with Crippen LogP contribution >= 0.6 is 23.5 Å². The van der Waals surface area contributed by atoms with Gasteiger partial charge in [0.25, 0.3) is 0 Å². The Balaban J connectivity index is 4.89. The number of unbranched alkanes of at least 4 members (excludes halogenated alkanes) is 3. The minimum Gasteiger partial charge on any atom is -0.390 e. The molecule has 0 saturated heterocycles. The quantitative estimate of drug-likeness (QED) is 0.0153. The predicted octanol–water partition coefficient (Wildman–Crippen LogP) is -6.66. The van der Waals surface area contributed by atoms with Crippen molar-refractivity contribution in [1.82, 2.24) is 31.9 Å². The van der Waals surface area contributed by atoms with Crippen molar-refractivity contribution >= 4 is 58.9 Å². The number of carbonyl (C=O) groups excluding carboxylic acids is 6. The van der Waals surface area contributed by atoms with Gasteiger partial charge in [-0.15, -0.1) is 0 Å². The summed E-state index contributed by atoms with van der Waals surface area (Å²) in [5.74, 6) is -1.94. The summed E-state index contributed by atoms with van der Waals surface area (Å²) in [7, 11) is -14.4. The lowest BCUT2D eigenvalue weighted by Gasteiger charge is -2.29. The number of aliphatic hydroxyl groups excluding tert-OH is 12. The van der Waals surface area contributed by atoms with Crippen molar-refractivity contribution in [2.75, 3.05) is 119 Å². The Morgan fingerprint density at radius 3 is 0.743 bits per heavy atom. The van der Waals surface area contributed by atoms with E-state index in [1.807, 2.05) is 0 Å². The lowest BCUT2D eigenvalue weighted by atomic mass is 9.94. The molecule has 6 amide bonds. The lowest BCUT2D eigenvalue weighted by molar-refractivity contribution is -0.203. The van der Waals surface area contributed by atoms with E-state index in [2.05, 4.69) is 45.5 Å². The normalized spacial score (nSPS) is 16.4. The monoisotopic (exact) mass is 1540 g/mol. The minimum absolute atomic E-state index is 0.0106. The molecule has 0 aliphatic rings. The third-order valence-electron chi connectivity index (χ3n) is 14.2. The zero-order chi connectivity index (χ0) is 76.5. The first-order valence-corrected chi connectivity index (χ1v) is 37.4. The standard InChI is InChI=1S/C56H111N6O36P3/c1-56(35-90-29-17-44(69)60-23-8-20-57-41(66)11-2-5-26-93-53(78)50(75)47(72)38(63)14-32-96-99(81,82)83,36-91-30-18-45(70)61-24-9-21-58-42(67)12-3-6-27-94-54(79)51(76)48(73)39(64)15-33-97-100(84,85)86)37-92-31-19-46(71)62-25-10-22-59-43(68)13-4-7-28-95-55(80)52(77)49(74)40(65)16-34-98-101(87,88)89/h38-40,47-55,63-65,72-80H,2-37H2,1H3,(H,57,66)(H,58,67)(H,59,68)(H,60,69)(H,61,70)(H,62,71)(H2,81,82,83)(H2,84,85,86)(H2,87,88,89)/t38?,39?,40?,47-,48?,49?,50?,51?,52?,53?,54?,55?,56?/m1/s1. The molecule has 596 valence electrons. The third-order valence-corrected chi connectivity index (χ3v) is 15.7. The van der Waals surface area contributed by atoms with Gasteiger partial charge in [-0.2, -0.15) is 0 Å². The summed E-state index contributed by atoms with van der Waals surface area (Å²) >= 11 is 0. The van der Waals surface area contributed by atoms with Crippen LogP contribution in [-0.2, 0) is 84.5 Å². The summed E-state index contributed by atoms with van der Waals surface area (Å²) in [6, 6.07) is 0. The molecular formula is C56H111N6O36P3. The van der Waals surface area contributed by atoms with E-state index < -0.39 is 142 Å². The van der Waals surface area contributed by atoms with E-state index in [0.717, 1.165) is 0 Å². The van der Waals surface area contributed by atoms with Gasteiger partial charge in [-0.25, -0.2) is 13.7 Å². The average molecular weight is 1540 g/mol. The molecule has 12 atom stereocenters. The molecule has 0 bridgehead atoms. The second-order valence-electron chi connectivity index (χ2n) is 23.5. The van der Waals surface area contributed by atoms with E-state index in [1.165, 1.54) is 0 Å². The topological polar surface area (TPSA) is 673 Å². The van der Waals surface area contributed by atoms with E-state index >= 15 is 0 Å². The second kappa shape index (κ2) is 55.8. The number of hydrogen-bond donors (Lipinski definition) is 24. The highest BCUT2D eigenvalue weighted by atomic mass is 31.2. The number of carbonyl (C=O) groups is 6. The van der Waals surface area contributed by atoms with Crippen LogP contribution in [0, 0.1) is 5.41 Å². The molecule has 0 aromatic heterocycles. The van der Waals surface area contributed by atoms with E-state index in [9.17, 15) is 104 Å². The molecule has 0 aromatic carbocycles. The van der Waals surface area contributed by atoms with E-state index in [0.29, 0.717) is 38.5 Å². The van der Waals surface area contributed by atoms with E-state index in [1.54, 1.807) is 6.92 Å². The Labute approximate surface area is 584 Å². The summed E-state index contributed by atoms with van der Waals surface area (Å²) in [6.07, 6.45) is -21.0. The first-order valence-electron chi connectivity index (χ1n) is 32.8. The molecule has 0 saturated carbocycles. The lowest BCUT2D eigenvalue weighted by Crippen LogP contribution is -2.45. The molecule has 0 radical (unpaired) electrons. The van der Waals surface area contributed by atoms with Gasteiger partial charge in [-0.3, -0.25) is 42.3 Å². The van der Waals surface area contributed by atoms with Gasteiger partial charge in [-0.1, -0.05) is 6.92 Å². The number of rotatable bonds is 66. The largest absolute Gasteiger partial charge is 0.469 e. The fraction of sp³-hybridized carbons (Fsp3) is 0.893. The Morgan fingerprint density at radius 2 is 0.525 bits per heavy atom. The van der Waals surface area contributed by atoms with E-state index in [-0.39, 0.29) is 192 Å². The van der Waals surface area contributed by atoms with Crippen LogP contribution in [-0.4, -0.2) is 318 Å². The summed E-state index contributed by atoms with van der Waals surface area (Å²) in [4.78, 5) is 127. The van der Waals surface area contributed by atoms with Crippen LogP contribution < -0.4 is 31.9 Å². The predicted molar refractivity (Wildman–Crippen MR) is 346 cm³/mol. The third kappa shape index (κ3) is 54.7. The molecule has 101 heavy (non-hydrogen) atoms. The summed E-state index contributed by atoms with van der Waals surface area (Å²) in [5.41, 5.74) is -0.843. The first-order chi connectivity index (χ1) is 47.4. The maximum atomic E-state index is 12.6. The number of hydrogen-bond acceptors (Lipinski definition) is 30. The van der Waals surface area contributed by atoms with Gasteiger partial charge in [-0.05, 0) is 77.0 Å². The first kappa shape index (κ1) is 97.4. The van der Waals surface area contributed by atoms with Crippen molar-refractivity contribution in [1.29, 1.82) is 0 Å². The number of phosphoric ester groups is 3. The maximum Gasteiger partial charge on any atom is 0.469 e. The molecule has 0 fully saturated rings. The van der Waals surface area contributed by atoms with Crippen LogP contribution in [0.15, 0.2) is 0 Å². The van der Waals surface area contributed by atoms with Crippen LogP contribution in [0.1, 0.15) is 122 Å². The Bertz CT molecular complexity index is 2150. The van der Waals surface area contributed by atoms with Crippen molar-refractivity contribution in [2.45, 2.75) is 196 Å². The molecule has 0 heterocycles. The number of aliphatic hydroxyl groups is 12. The molecule has 0 rings (SSSR count). The average Bonchev–Trinajstić information content (AvgIpc) is 0.938. The molecule has 45 heteroatoms. The van der Waals surface area contributed by atoms with Gasteiger partial charge in [0.15, 0.2) is 18.9 Å². The van der Waals surface area contributed by atoms with Crippen LogP contribution in [0.2, 0.25) is 0 Å². The van der Waals surface area contributed by atoms with Crippen LogP contribution in [0.5, 0.6) is 0 Å². The Morgan fingerprint density at radius 1 is 0.307 bits per heavy atom. The fourth-order valence-electron chi connectivity index (χ4n) is 8.39. The van der Waals surface area contributed by atoms with Crippen molar-refractivity contribution in [2.24, 2.45) is 5.41 Å². The summed E-state index contributed by atoms with van der Waals surface area (Å²) in [6.45, 7) is 0.870. The van der Waals surface area contributed by atoms with Crippen molar-refractivity contribution in [3.05, 3.63) is 0 Å². The smallest absolute Gasteiger partial charge is 0.390 e. The Hall–Kier alpha value is -3.57. The van der Waals surface area contributed by atoms with Gasteiger partial charge in [0.1, 0.15) is 36.6 Å². The highest BCUT2D eigenvalue weighted by Crippen LogP contribution is 2.37. The number of amides is 6. The van der Waals surface area contributed by atoms with Gasteiger partial charge in [0, 0.05) is 103 Å². The van der Waals surface area contributed by atoms with Crippen molar-refractivity contribution in [3.8, 4) is 0 Å². The fourth-order valence-corrected chi connectivity index (χ4v) is 9.42. The maximum absolute atomic E-state index is 12.6. The van der Waals surface area contributed by atoms with Crippen molar-refractivity contribution < 1.29 is 175 Å². The molecule has 0 aliphatic heterocycles.